The molecule has 2 aliphatic rings. The maximum Gasteiger partial charge on any atom is 0.327 e. The number of sulfonamides is 2. The van der Waals surface area contributed by atoms with Gasteiger partial charge in [0.1, 0.15) is 11.3 Å². The Bertz CT molecular complexity index is 1470. The van der Waals surface area contributed by atoms with Crippen LogP contribution in [0.4, 0.5) is 11.4 Å². The van der Waals surface area contributed by atoms with Gasteiger partial charge in [-0.2, -0.15) is 4.72 Å². The number of nitrogens with one attached hydrogen (secondary N) is 3. The zero-order chi connectivity index (χ0) is 31.3. The minimum atomic E-state index is -3.94. The van der Waals surface area contributed by atoms with Crippen molar-refractivity contribution in [2.45, 2.75) is 74.4 Å². The average molecular weight is 639 g/mol. The fraction of sp³-hybridized carbons (Fsp3) is 0.552. The molecule has 0 aromatic heterocycles. The van der Waals surface area contributed by atoms with Crippen molar-refractivity contribution in [3.63, 3.8) is 0 Å². The molecule has 238 valence electrons. The predicted octanol–water partition coefficient (Wildman–Crippen LogP) is 2.60. The first-order valence-corrected chi connectivity index (χ1v) is 18.0. The minimum absolute atomic E-state index is 0.00875. The van der Waals surface area contributed by atoms with Crippen LogP contribution in [0.15, 0.2) is 47.4 Å². The molecule has 4 rings (SSSR count). The van der Waals surface area contributed by atoms with E-state index in [2.05, 4.69) is 19.7 Å². The Morgan fingerprint density at radius 1 is 1.05 bits per heavy atom. The molecule has 1 heterocycles. The standard InChI is InChI=1S/C29H42N4O8S2/c1-3-41-28(36)29(15-5-4-6-16-29)32-43(39,40)24-10-8-23(9-11-24)33-17-13-22(14-18-33)30-20-27(35)21-7-12-26(34)25(19-21)31-42(2,37)38/h7-12,19,22,27,30-32,34-35H,3-6,13-18,20H2,1-2H3/t27-/m0/s1. The number of aromatic hydroxyl groups is 1. The molecule has 0 unspecified atom stereocenters. The molecular weight excluding hydrogens is 596 g/mol. The number of benzene rings is 2. The number of phenols is 1. The summed E-state index contributed by atoms with van der Waals surface area (Å²) in [5.41, 5.74) is 0.140. The molecule has 2 fully saturated rings. The monoisotopic (exact) mass is 638 g/mol. The lowest BCUT2D eigenvalue weighted by atomic mass is 9.82. The number of anilines is 2. The molecule has 14 heteroatoms. The molecule has 0 bridgehead atoms. The highest BCUT2D eigenvalue weighted by Gasteiger charge is 2.44. The van der Waals surface area contributed by atoms with Crippen molar-refractivity contribution in [3.05, 3.63) is 48.0 Å². The van der Waals surface area contributed by atoms with E-state index < -0.39 is 37.7 Å². The van der Waals surface area contributed by atoms with Crippen LogP contribution in [0.2, 0.25) is 0 Å². The molecule has 0 spiro atoms. The van der Waals surface area contributed by atoms with Gasteiger partial charge in [-0.05, 0) is 74.6 Å². The molecule has 5 N–H and O–H groups in total. The highest BCUT2D eigenvalue weighted by molar-refractivity contribution is 7.92. The first-order valence-electron chi connectivity index (χ1n) is 14.6. The highest BCUT2D eigenvalue weighted by atomic mass is 32.2. The molecular formula is C29H42N4O8S2. The Kier molecular flexibility index (Phi) is 10.6. The number of esters is 1. The van der Waals surface area contributed by atoms with Gasteiger partial charge >= 0.3 is 5.97 Å². The summed E-state index contributed by atoms with van der Waals surface area (Å²) in [5, 5.41) is 23.9. The van der Waals surface area contributed by atoms with E-state index in [1.54, 1.807) is 37.3 Å². The highest BCUT2D eigenvalue weighted by Crippen LogP contribution is 2.32. The third kappa shape index (κ3) is 8.60. The number of aliphatic hydroxyl groups is 1. The number of nitrogens with zero attached hydrogens (tertiary/aromatic N) is 1. The fourth-order valence-electron chi connectivity index (χ4n) is 5.71. The van der Waals surface area contributed by atoms with Gasteiger partial charge < -0.3 is 25.2 Å². The van der Waals surface area contributed by atoms with Crippen LogP contribution in [-0.2, 0) is 29.6 Å². The quantitative estimate of drug-likeness (QED) is 0.172. The molecule has 43 heavy (non-hydrogen) atoms. The number of hydrogen-bond donors (Lipinski definition) is 5. The minimum Gasteiger partial charge on any atom is -0.506 e. The second-order valence-corrected chi connectivity index (χ2v) is 14.7. The van der Waals surface area contributed by atoms with Crippen LogP contribution in [0.1, 0.15) is 63.5 Å². The molecule has 1 saturated carbocycles. The van der Waals surface area contributed by atoms with Crippen LogP contribution >= 0.6 is 0 Å². The zero-order valence-electron chi connectivity index (χ0n) is 24.6. The van der Waals surface area contributed by atoms with Crippen LogP contribution < -0.4 is 19.7 Å². The fourth-order valence-corrected chi connectivity index (χ4v) is 7.68. The lowest BCUT2D eigenvalue weighted by Crippen LogP contribution is -2.56. The largest absolute Gasteiger partial charge is 0.506 e. The van der Waals surface area contributed by atoms with Gasteiger partial charge in [-0.1, -0.05) is 25.3 Å². The Morgan fingerprint density at radius 2 is 1.70 bits per heavy atom. The molecule has 2 aromatic carbocycles. The molecule has 0 radical (unpaired) electrons. The first kappa shape index (κ1) is 33.0. The summed E-state index contributed by atoms with van der Waals surface area (Å²) in [6.07, 6.45) is 4.97. The SMILES string of the molecule is CCOC(=O)C1(NS(=O)(=O)c2ccc(N3CCC(NC[C@H](O)c4ccc(O)c(NS(C)(=O)=O)c4)CC3)cc2)CCCCC1. The van der Waals surface area contributed by atoms with Crippen LogP contribution in [-0.4, -0.2) is 77.1 Å². The van der Waals surface area contributed by atoms with Gasteiger partial charge in [0.25, 0.3) is 0 Å². The normalized spacial score (nSPS) is 18.6. The lowest BCUT2D eigenvalue weighted by molar-refractivity contribution is -0.151. The predicted molar refractivity (Wildman–Crippen MR) is 164 cm³/mol. The molecule has 12 nitrogen and oxygen atoms in total. The molecule has 2 aromatic rings. The van der Waals surface area contributed by atoms with Crippen LogP contribution in [0, 0.1) is 0 Å². The molecule has 1 atom stereocenters. The van der Waals surface area contributed by atoms with Gasteiger partial charge in [0, 0.05) is 31.4 Å². The van der Waals surface area contributed by atoms with Gasteiger partial charge in [0.15, 0.2) is 0 Å². The van der Waals surface area contributed by atoms with Gasteiger partial charge in [0.05, 0.1) is 29.5 Å². The number of ether oxygens (including phenoxy) is 1. The van der Waals surface area contributed by atoms with Gasteiger partial charge in [0.2, 0.25) is 20.0 Å². The van der Waals surface area contributed by atoms with E-state index in [9.17, 15) is 31.8 Å². The van der Waals surface area contributed by atoms with Crippen LogP contribution in [0.3, 0.4) is 0 Å². The second-order valence-electron chi connectivity index (χ2n) is 11.3. The number of aliphatic hydroxyl groups excluding tert-OH is 1. The van der Waals surface area contributed by atoms with Crippen molar-refractivity contribution in [1.82, 2.24) is 10.0 Å². The van der Waals surface area contributed by atoms with E-state index in [1.807, 2.05) is 0 Å². The van der Waals surface area contributed by atoms with E-state index in [0.717, 1.165) is 57.1 Å². The third-order valence-electron chi connectivity index (χ3n) is 8.01. The molecule has 0 amide bonds. The number of piperidine rings is 1. The summed E-state index contributed by atoms with van der Waals surface area (Å²) in [5.74, 6) is -0.746. The maximum absolute atomic E-state index is 13.3. The Hall–Kier alpha value is -2.91. The summed E-state index contributed by atoms with van der Waals surface area (Å²) in [7, 11) is -7.53. The molecule has 1 saturated heterocycles. The van der Waals surface area contributed by atoms with Crippen molar-refractivity contribution >= 4 is 37.4 Å². The van der Waals surface area contributed by atoms with E-state index in [0.29, 0.717) is 18.4 Å². The molecule has 1 aliphatic heterocycles. The van der Waals surface area contributed by atoms with Crippen molar-refractivity contribution in [3.8, 4) is 5.75 Å². The van der Waals surface area contributed by atoms with E-state index >= 15 is 0 Å². The average Bonchev–Trinajstić information content (AvgIpc) is 2.97. The summed E-state index contributed by atoms with van der Waals surface area (Å²) in [4.78, 5) is 15.0. The Morgan fingerprint density at radius 3 is 2.30 bits per heavy atom. The lowest BCUT2D eigenvalue weighted by Gasteiger charge is -2.35. The third-order valence-corrected chi connectivity index (χ3v) is 10.2. The second kappa shape index (κ2) is 13.8. The van der Waals surface area contributed by atoms with Crippen LogP contribution in [0.25, 0.3) is 0 Å². The van der Waals surface area contributed by atoms with Crippen molar-refractivity contribution in [2.24, 2.45) is 0 Å². The topological polar surface area (TPSA) is 174 Å². The summed E-state index contributed by atoms with van der Waals surface area (Å²) < 4.78 is 59.8. The number of hydrogen-bond acceptors (Lipinski definition) is 10. The van der Waals surface area contributed by atoms with E-state index in [4.69, 9.17) is 4.74 Å². The van der Waals surface area contributed by atoms with Crippen LogP contribution in [0.5, 0.6) is 5.75 Å². The van der Waals surface area contributed by atoms with Crippen molar-refractivity contribution < 1.29 is 36.6 Å². The Labute approximate surface area is 253 Å². The smallest absolute Gasteiger partial charge is 0.327 e. The van der Waals surface area contributed by atoms with Gasteiger partial charge in [-0.15, -0.1) is 0 Å². The number of carbonyl (C=O) groups is 1. The molecule has 1 aliphatic carbocycles. The van der Waals surface area contributed by atoms with Gasteiger partial charge in [-0.3, -0.25) is 9.52 Å². The Balaban J connectivity index is 1.31. The van der Waals surface area contributed by atoms with Crippen molar-refractivity contribution in [1.29, 1.82) is 0 Å². The first-order chi connectivity index (χ1) is 20.3. The van der Waals surface area contributed by atoms with Crippen molar-refractivity contribution in [2.75, 3.05) is 42.1 Å². The summed E-state index contributed by atoms with van der Waals surface area (Å²) >= 11 is 0. The van der Waals surface area contributed by atoms with E-state index in [1.165, 1.54) is 12.1 Å². The summed E-state index contributed by atoms with van der Waals surface area (Å²) in [6, 6.07) is 11.1. The number of phenolic OH excluding ortho intramolecular Hbond substituents is 1. The zero-order valence-corrected chi connectivity index (χ0v) is 26.2. The van der Waals surface area contributed by atoms with E-state index in [-0.39, 0.29) is 35.5 Å². The van der Waals surface area contributed by atoms with Gasteiger partial charge in [-0.25, -0.2) is 16.8 Å². The summed E-state index contributed by atoms with van der Waals surface area (Å²) in [6.45, 7) is 3.60. The number of carbonyl (C=O) groups excluding carboxylic acids is 1. The number of rotatable bonds is 12. The maximum atomic E-state index is 13.3.